The molecule has 0 aliphatic rings. The molecule has 0 aliphatic carbocycles. The molecule has 1 heterocycles. The van der Waals surface area contributed by atoms with E-state index in [-0.39, 0.29) is 18.1 Å². The number of amides is 1. The molecule has 0 saturated heterocycles. The van der Waals surface area contributed by atoms with Crippen LogP contribution in [0.3, 0.4) is 0 Å². The molecule has 1 N–H and O–H groups in total. The summed E-state index contributed by atoms with van der Waals surface area (Å²) in [5.41, 5.74) is 0. The molecule has 1 amide bonds. The number of nitrogens with one attached hydrogen (secondary N) is 1. The van der Waals surface area contributed by atoms with Crippen molar-refractivity contribution < 1.29 is 9.53 Å². The summed E-state index contributed by atoms with van der Waals surface area (Å²) >= 11 is 5.81. The molecule has 5 nitrogen and oxygen atoms in total. The molecule has 0 saturated carbocycles. The van der Waals surface area contributed by atoms with Gasteiger partial charge in [0, 0.05) is 17.4 Å². The number of halogens is 1. The van der Waals surface area contributed by atoms with E-state index in [1.807, 2.05) is 13.8 Å². The predicted octanol–water partition coefficient (Wildman–Crippen LogP) is 2.68. The van der Waals surface area contributed by atoms with E-state index >= 15 is 0 Å². The molecule has 1 aromatic carbocycles. The zero-order chi connectivity index (χ0) is 15.2. The maximum atomic E-state index is 12.0. The summed E-state index contributed by atoms with van der Waals surface area (Å²) in [7, 11) is 0. The van der Waals surface area contributed by atoms with Gasteiger partial charge in [-0.2, -0.15) is 0 Å². The summed E-state index contributed by atoms with van der Waals surface area (Å²) < 4.78 is 7.45. The van der Waals surface area contributed by atoms with Crippen molar-refractivity contribution in [3.05, 3.63) is 48.0 Å². The minimum absolute atomic E-state index is 0.0699. The number of benzene rings is 1. The van der Waals surface area contributed by atoms with Crippen molar-refractivity contribution in [2.24, 2.45) is 0 Å². The average molecular weight is 308 g/mol. The summed E-state index contributed by atoms with van der Waals surface area (Å²) in [5.74, 6) is 0.656. The van der Waals surface area contributed by atoms with Crippen molar-refractivity contribution in [1.82, 2.24) is 14.9 Å². The highest BCUT2D eigenvalue weighted by molar-refractivity contribution is 6.30. The van der Waals surface area contributed by atoms with Gasteiger partial charge in [-0.1, -0.05) is 11.6 Å². The fraction of sp³-hybridized carbons (Fsp3) is 0.333. The van der Waals surface area contributed by atoms with Gasteiger partial charge in [0.25, 0.3) is 0 Å². The Morgan fingerprint density at radius 1 is 1.38 bits per heavy atom. The van der Waals surface area contributed by atoms with Crippen molar-refractivity contribution in [1.29, 1.82) is 0 Å². The third-order valence-corrected chi connectivity index (χ3v) is 3.32. The van der Waals surface area contributed by atoms with Gasteiger partial charge in [-0.05, 0) is 38.1 Å². The van der Waals surface area contributed by atoms with Gasteiger partial charge >= 0.3 is 0 Å². The number of hydrogen-bond donors (Lipinski definition) is 1. The number of carbonyl (C=O) groups excluding carboxylic acids is 1. The van der Waals surface area contributed by atoms with E-state index in [4.69, 9.17) is 16.3 Å². The Morgan fingerprint density at radius 3 is 2.71 bits per heavy atom. The number of imidazole rings is 1. The Hall–Kier alpha value is -2.01. The number of hydrogen-bond acceptors (Lipinski definition) is 3. The van der Waals surface area contributed by atoms with Crippen molar-refractivity contribution in [3.8, 4) is 5.75 Å². The summed E-state index contributed by atoms with van der Waals surface area (Å²) in [6.45, 7) is 4.15. The van der Waals surface area contributed by atoms with E-state index < -0.39 is 0 Å². The molecule has 21 heavy (non-hydrogen) atoms. The summed E-state index contributed by atoms with van der Waals surface area (Å²) in [5, 5.41) is 3.53. The topological polar surface area (TPSA) is 56.1 Å². The Morgan fingerprint density at radius 2 is 2.10 bits per heavy atom. The van der Waals surface area contributed by atoms with Gasteiger partial charge in [0.15, 0.2) is 0 Å². The molecule has 112 valence electrons. The van der Waals surface area contributed by atoms with E-state index in [0.717, 1.165) is 5.75 Å². The molecule has 2 aromatic rings. The van der Waals surface area contributed by atoms with Gasteiger partial charge in [0.2, 0.25) is 5.91 Å². The predicted molar refractivity (Wildman–Crippen MR) is 81.5 cm³/mol. The zero-order valence-electron chi connectivity index (χ0n) is 12.0. The van der Waals surface area contributed by atoms with E-state index in [1.165, 1.54) is 0 Å². The Labute approximate surface area is 128 Å². The van der Waals surface area contributed by atoms with Crippen molar-refractivity contribution in [2.75, 3.05) is 6.54 Å². The van der Waals surface area contributed by atoms with Crippen LogP contribution in [0.25, 0.3) is 0 Å². The molecule has 6 heteroatoms. The first-order valence-corrected chi connectivity index (χ1v) is 7.11. The fourth-order valence-electron chi connectivity index (χ4n) is 1.81. The standard InChI is InChI=1S/C15H18ClN3O2/c1-11(21-14-5-3-13(16)4-6-14)9-18-15(20)12(2)19-8-7-17-10-19/h3-8,10-12H,9H2,1-2H3,(H,18,20)/t11-,12+/m0/s1. The number of rotatable bonds is 6. The maximum Gasteiger partial charge on any atom is 0.242 e. The molecule has 2 atom stereocenters. The number of ether oxygens (including phenoxy) is 1. The number of carbonyl (C=O) groups is 1. The quantitative estimate of drug-likeness (QED) is 0.892. The largest absolute Gasteiger partial charge is 0.489 e. The van der Waals surface area contributed by atoms with Crippen LogP contribution < -0.4 is 10.1 Å². The first kappa shape index (κ1) is 15.4. The minimum Gasteiger partial charge on any atom is -0.489 e. The van der Waals surface area contributed by atoms with Gasteiger partial charge in [0.05, 0.1) is 12.9 Å². The second-order valence-corrected chi connectivity index (χ2v) is 5.25. The minimum atomic E-state index is -0.296. The lowest BCUT2D eigenvalue weighted by molar-refractivity contribution is -0.124. The lowest BCUT2D eigenvalue weighted by Gasteiger charge is -2.18. The van der Waals surface area contributed by atoms with Crippen LogP contribution in [0.2, 0.25) is 5.02 Å². The van der Waals surface area contributed by atoms with E-state index in [2.05, 4.69) is 10.3 Å². The maximum absolute atomic E-state index is 12.0. The molecule has 0 radical (unpaired) electrons. The van der Waals surface area contributed by atoms with Gasteiger partial charge in [-0.25, -0.2) is 4.98 Å². The smallest absolute Gasteiger partial charge is 0.242 e. The Kier molecular flexibility index (Phi) is 5.22. The van der Waals surface area contributed by atoms with E-state index in [0.29, 0.717) is 11.6 Å². The third-order valence-electron chi connectivity index (χ3n) is 3.07. The van der Waals surface area contributed by atoms with Gasteiger partial charge in [0.1, 0.15) is 17.9 Å². The van der Waals surface area contributed by atoms with Crippen LogP contribution >= 0.6 is 11.6 Å². The Bertz CT molecular complexity index is 569. The van der Waals surface area contributed by atoms with Gasteiger partial charge < -0.3 is 14.6 Å². The monoisotopic (exact) mass is 307 g/mol. The molecule has 1 aromatic heterocycles. The molecule has 0 bridgehead atoms. The molecule has 0 unspecified atom stereocenters. The average Bonchev–Trinajstić information content (AvgIpc) is 3.00. The molecular formula is C15H18ClN3O2. The molecule has 0 aliphatic heterocycles. The van der Waals surface area contributed by atoms with E-state index in [1.54, 1.807) is 47.6 Å². The van der Waals surface area contributed by atoms with E-state index in [9.17, 15) is 4.79 Å². The third kappa shape index (κ3) is 4.49. The number of nitrogens with zero attached hydrogens (tertiary/aromatic N) is 2. The first-order chi connectivity index (χ1) is 10.1. The lowest BCUT2D eigenvalue weighted by atomic mass is 10.3. The van der Waals surface area contributed by atoms with Crippen molar-refractivity contribution in [3.63, 3.8) is 0 Å². The summed E-state index contributed by atoms with van der Waals surface area (Å²) in [6, 6.07) is 6.84. The normalized spacial score (nSPS) is 13.5. The van der Waals surface area contributed by atoms with Crippen LogP contribution in [0.1, 0.15) is 19.9 Å². The molecule has 0 fully saturated rings. The second kappa shape index (κ2) is 7.13. The van der Waals surface area contributed by atoms with Crippen molar-refractivity contribution >= 4 is 17.5 Å². The SMILES string of the molecule is C[C@H](C(=O)NC[C@H](C)Oc1ccc(Cl)cc1)n1ccnc1. The van der Waals surface area contributed by atoms with Crippen LogP contribution in [-0.4, -0.2) is 28.1 Å². The summed E-state index contributed by atoms with van der Waals surface area (Å²) in [6.07, 6.45) is 4.90. The fourth-order valence-corrected chi connectivity index (χ4v) is 1.94. The Balaban J connectivity index is 1.79. The molecule has 0 spiro atoms. The highest BCUT2D eigenvalue weighted by atomic mass is 35.5. The molecular weight excluding hydrogens is 290 g/mol. The van der Waals surface area contributed by atoms with Crippen LogP contribution in [0.4, 0.5) is 0 Å². The van der Waals surface area contributed by atoms with Crippen LogP contribution in [0.5, 0.6) is 5.75 Å². The second-order valence-electron chi connectivity index (χ2n) is 4.81. The van der Waals surface area contributed by atoms with Crippen molar-refractivity contribution in [2.45, 2.75) is 26.0 Å². The van der Waals surface area contributed by atoms with Crippen LogP contribution in [-0.2, 0) is 4.79 Å². The summed E-state index contributed by atoms with van der Waals surface area (Å²) in [4.78, 5) is 15.9. The van der Waals surface area contributed by atoms with Crippen LogP contribution in [0, 0.1) is 0 Å². The van der Waals surface area contributed by atoms with Gasteiger partial charge in [-0.3, -0.25) is 4.79 Å². The zero-order valence-corrected chi connectivity index (χ0v) is 12.7. The lowest BCUT2D eigenvalue weighted by Crippen LogP contribution is -2.37. The highest BCUT2D eigenvalue weighted by Crippen LogP contribution is 2.16. The van der Waals surface area contributed by atoms with Crippen LogP contribution in [0.15, 0.2) is 43.0 Å². The highest BCUT2D eigenvalue weighted by Gasteiger charge is 2.15. The molecule has 2 rings (SSSR count). The van der Waals surface area contributed by atoms with Gasteiger partial charge in [-0.15, -0.1) is 0 Å². The number of aromatic nitrogens is 2. The first-order valence-electron chi connectivity index (χ1n) is 6.73.